The third-order valence-electron chi connectivity index (χ3n) is 6.41. The number of aromatic nitrogens is 1. The Kier molecular flexibility index (Phi) is 6.86. The number of carbonyl (C=O) groups is 1. The van der Waals surface area contributed by atoms with E-state index in [1.165, 1.54) is 13.3 Å². The molecule has 2 N–H and O–H groups in total. The summed E-state index contributed by atoms with van der Waals surface area (Å²) >= 11 is 0. The molecule has 3 aromatic rings. The zero-order valence-electron chi connectivity index (χ0n) is 19.0. The topological polar surface area (TPSA) is 74.8 Å². The molecule has 182 valence electrons. The van der Waals surface area contributed by atoms with Crippen molar-refractivity contribution in [2.45, 2.75) is 44.6 Å². The third-order valence-corrected chi connectivity index (χ3v) is 6.41. The van der Waals surface area contributed by atoms with Gasteiger partial charge in [0, 0.05) is 42.9 Å². The molecule has 9 heteroatoms. The van der Waals surface area contributed by atoms with Crippen LogP contribution < -0.4 is 4.74 Å². The summed E-state index contributed by atoms with van der Waals surface area (Å²) in [6.45, 7) is 3.58. The number of likely N-dealkylation sites (tertiary alicyclic amines) is 1. The standard InChI is InChI=1S/C25H27F3N2O4/c1-3-34-17-9-11-30(21(12-17)15-4-6-16(7-5-15)24(31)32)14-19-18-8-10-29-23(18)20(25(26,27)28)13-22(19)33-2/h4-8,10,13,17,21,29H,3,9,11-12,14H2,1-2H3,(H,31,32)/t17-,21-/m1/s1. The zero-order valence-corrected chi connectivity index (χ0v) is 19.0. The zero-order chi connectivity index (χ0) is 24.5. The Morgan fingerprint density at radius 2 is 1.97 bits per heavy atom. The van der Waals surface area contributed by atoms with Crippen molar-refractivity contribution in [1.82, 2.24) is 9.88 Å². The minimum Gasteiger partial charge on any atom is -0.496 e. The number of halogens is 3. The molecule has 0 spiro atoms. The van der Waals surface area contributed by atoms with E-state index in [4.69, 9.17) is 9.47 Å². The highest BCUT2D eigenvalue weighted by Crippen LogP contribution is 2.42. The van der Waals surface area contributed by atoms with E-state index in [1.54, 1.807) is 30.3 Å². The summed E-state index contributed by atoms with van der Waals surface area (Å²) in [5.74, 6) is -0.810. The molecular formula is C25H27F3N2O4. The smallest absolute Gasteiger partial charge is 0.418 e. The number of piperidine rings is 1. The predicted molar refractivity (Wildman–Crippen MR) is 121 cm³/mol. The second-order valence-corrected chi connectivity index (χ2v) is 8.38. The highest BCUT2D eigenvalue weighted by atomic mass is 19.4. The van der Waals surface area contributed by atoms with Gasteiger partial charge >= 0.3 is 12.1 Å². The first-order chi connectivity index (χ1) is 16.2. The molecule has 1 aromatic heterocycles. The van der Waals surface area contributed by atoms with Crippen molar-refractivity contribution in [2.75, 3.05) is 20.3 Å². The first kappa shape index (κ1) is 24.1. The summed E-state index contributed by atoms with van der Waals surface area (Å²) < 4.78 is 52.2. The molecule has 34 heavy (non-hydrogen) atoms. The van der Waals surface area contributed by atoms with Crippen LogP contribution in [0.2, 0.25) is 0 Å². The quantitative estimate of drug-likeness (QED) is 0.462. The van der Waals surface area contributed by atoms with Crippen LogP contribution in [-0.4, -0.2) is 47.3 Å². The fourth-order valence-corrected chi connectivity index (χ4v) is 4.79. The molecule has 0 bridgehead atoms. The highest BCUT2D eigenvalue weighted by Gasteiger charge is 2.36. The summed E-state index contributed by atoms with van der Waals surface area (Å²) in [5, 5.41) is 9.71. The lowest BCUT2D eigenvalue weighted by Crippen LogP contribution is -2.39. The monoisotopic (exact) mass is 476 g/mol. The number of methoxy groups -OCH3 is 1. The number of fused-ring (bicyclic) bond motifs is 1. The normalized spacial score (nSPS) is 19.4. The van der Waals surface area contributed by atoms with Crippen LogP contribution in [0.15, 0.2) is 42.6 Å². The number of ether oxygens (including phenoxy) is 2. The Hall–Kier alpha value is -3.04. The molecule has 2 heterocycles. The van der Waals surface area contributed by atoms with Gasteiger partial charge in [0.05, 0.1) is 29.9 Å². The maximum atomic E-state index is 13.6. The van der Waals surface area contributed by atoms with Gasteiger partial charge in [-0.25, -0.2) is 4.79 Å². The van der Waals surface area contributed by atoms with Crippen molar-refractivity contribution >= 4 is 16.9 Å². The number of hydrogen-bond acceptors (Lipinski definition) is 4. The lowest BCUT2D eigenvalue weighted by Gasteiger charge is -2.40. The minimum atomic E-state index is -4.51. The van der Waals surface area contributed by atoms with Crippen LogP contribution in [0.25, 0.3) is 10.9 Å². The van der Waals surface area contributed by atoms with Crippen molar-refractivity contribution in [1.29, 1.82) is 0 Å². The Bertz CT molecular complexity index is 1160. The highest BCUT2D eigenvalue weighted by molar-refractivity contribution is 5.89. The van der Waals surface area contributed by atoms with E-state index in [9.17, 15) is 23.1 Å². The molecule has 1 aliphatic heterocycles. The summed E-state index contributed by atoms with van der Waals surface area (Å²) in [6.07, 6.45) is -1.48. The number of H-pyrrole nitrogens is 1. The maximum absolute atomic E-state index is 13.6. The molecule has 2 aromatic carbocycles. The Labute approximate surface area is 195 Å². The number of alkyl halides is 3. The number of nitrogens with zero attached hydrogens (tertiary/aromatic N) is 1. The molecule has 0 unspecified atom stereocenters. The number of aromatic carboxylic acids is 1. The van der Waals surface area contributed by atoms with Crippen LogP contribution in [0.1, 0.15) is 52.9 Å². The van der Waals surface area contributed by atoms with Crippen molar-refractivity contribution < 1.29 is 32.5 Å². The van der Waals surface area contributed by atoms with E-state index in [-0.39, 0.29) is 29.0 Å². The number of rotatable bonds is 7. The largest absolute Gasteiger partial charge is 0.496 e. The van der Waals surface area contributed by atoms with Crippen molar-refractivity contribution in [3.8, 4) is 5.75 Å². The average Bonchev–Trinajstić information content (AvgIpc) is 3.29. The molecular weight excluding hydrogens is 449 g/mol. The fraction of sp³-hybridized carbons (Fsp3) is 0.400. The number of hydrogen-bond donors (Lipinski definition) is 2. The van der Waals surface area contributed by atoms with E-state index in [2.05, 4.69) is 9.88 Å². The molecule has 0 radical (unpaired) electrons. The number of nitrogens with one attached hydrogen (secondary N) is 1. The van der Waals surface area contributed by atoms with E-state index in [1.807, 2.05) is 6.92 Å². The van der Waals surface area contributed by atoms with Crippen LogP contribution >= 0.6 is 0 Å². The van der Waals surface area contributed by atoms with Crippen molar-refractivity contribution in [2.24, 2.45) is 0 Å². The van der Waals surface area contributed by atoms with Crippen LogP contribution in [0.4, 0.5) is 13.2 Å². The van der Waals surface area contributed by atoms with E-state index >= 15 is 0 Å². The Balaban J connectivity index is 1.72. The van der Waals surface area contributed by atoms with Gasteiger partial charge in [-0.05, 0) is 49.6 Å². The SMILES string of the molecule is CCO[C@@H]1CCN(Cc2c(OC)cc(C(F)(F)F)c3[nH]ccc23)[C@@H](c2ccc(C(=O)O)cc2)C1. The average molecular weight is 476 g/mol. The van der Waals surface area contributed by atoms with Gasteiger partial charge < -0.3 is 19.6 Å². The second-order valence-electron chi connectivity index (χ2n) is 8.38. The lowest BCUT2D eigenvalue weighted by molar-refractivity contribution is -0.136. The van der Waals surface area contributed by atoms with E-state index in [0.717, 1.165) is 18.1 Å². The second kappa shape index (κ2) is 9.68. The first-order valence-electron chi connectivity index (χ1n) is 11.2. The summed E-state index contributed by atoms with van der Waals surface area (Å²) in [4.78, 5) is 16.2. The summed E-state index contributed by atoms with van der Waals surface area (Å²) in [5.41, 5.74) is 1.09. The van der Waals surface area contributed by atoms with Crippen molar-refractivity contribution in [3.63, 3.8) is 0 Å². The summed E-state index contributed by atoms with van der Waals surface area (Å²) in [7, 11) is 1.38. The van der Waals surface area contributed by atoms with E-state index in [0.29, 0.717) is 37.1 Å². The van der Waals surface area contributed by atoms with Crippen LogP contribution in [0.5, 0.6) is 5.75 Å². The lowest BCUT2D eigenvalue weighted by atomic mass is 9.91. The molecule has 0 amide bonds. The molecule has 6 nitrogen and oxygen atoms in total. The van der Waals surface area contributed by atoms with Crippen LogP contribution in [0.3, 0.4) is 0 Å². The maximum Gasteiger partial charge on any atom is 0.418 e. The van der Waals surface area contributed by atoms with Gasteiger partial charge in [-0.15, -0.1) is 0 Å². The van der Waals surface area contributed by atoms with Gasteiger partial charge in [0.1, 0.15) is 5.75 Å². The van der Waals surface area contributed by atoms with Gasteiger partial charge in [-0.1, -0.05) is 12.1 Å². The third kappa shape index (κ3) is 4.76. The fourth-order valence-electron chi connectivity index (χ4n) is 4.79. The first-order valence-corrected chi connectivity index (χ1v) is 11.2. The van der Waals surface area contributed by atoms with Gasteiger partial charge in [0.25, 0.3) is 0 Å². The Morgan fingerprint density at radius 3 is 2.59 bits per heavy atom. The number of carboxylic acid groups (broad SMARTS) is 1. The van der Waals surface area contributed by atoms with Crippen LogP contribution in [-0.2, 0) is 17.5 Å². The molecule has 0 aliphatic carbocycles. The van der Waals surface area contributed by atoms with Gasteiger partial charge in [-0.3, -0.25) is 4.90 Å². The van der Waals surface area contributed by atoms with Gasteiger partial charge in [0.15, 0.2) is 0 Å². The number of aromatic amines is 1. The minimum absolute atomic E-state index is 0.0369. The van der Waals surface area contributed by atoms with Crippen molar-refractivity contribution in [3.05, 3.63) is 64.8 Å². The Morgan fingerprint density at radius 1 is 1.24 bits per heavy atom. The molecule has 4 rings (SSSR count). The number of carboxylic acids is 1. The molecule has 1 aliphatic rings. The summed E-state index contributed by atoms with van der Waals surface area (Å²) in [6, 6.07) is 9.35. The number of benzene rings is 2. The van der Waals surface area contributed by atoms with E-state index < -0.39 is 17.7 Å². The van der Waals surface area contributed by atoms with Gasteiger partial charge in [0.2, 0.25) is 0 Å². The van der Waals surface area contributed by atoms with Gasteiger partial charge in [-0.2, -0.15) is 13.2 Å². The molecule has 0 saturated carbocycles. The molecule has 2 atom stereocenters. The predicted octanol–water partition coefficient (Wildman–Crippen LogP) is 5.64. The molecule has 1 saturated heterocycles. The van der Waals surface area contributed by atoms with Crippen LogP contribution in [0, 0.1) is 0 Å². The molecule has 1 fully saturated rings.